The standard InChI is InChI=1S/C22H37N5O3/c1-7-12-27-20(29)18-17(19(28)23-10-8-15(2)3)25-14-26(18)13-22(27,6)21(30)24-11-9-16(4)5/h14-16H,7-13H2,1-6H3,(H,23,28)(H,24,30). The van der Waals surface area contributed by atoms with Gasteiger partial charge in [0.05, 0.1) is 12.9 Å². The molecule has 0 aromatic carbocycles. The summed E-state index contributed by atoms with van der Waals surface area (Å²) in [5.41, 5.74) is -0.631. The van der Waals surface area contributed by atoms with E-state index in [2.05, 4.69) is 43.3 Å². The van der Waals surface area contributed by atoms with Crippen LogP contribution in [-0.4, -0.2) is 57.3 Å². The Labute approximate surface area is 179 Å². The molecule has 1 aliphatic rings. The number of nitrogens with zero attached hydrogens (tertiary/aromatic N) is 3. The maximum absolute atomic E-state index is 13.4. The lowest BCUT2D eigenvalue weighted by atomic mass is 9.93. The van der Waals surface area contributed by atoms with Crippen molar-refractivity contribution in [3.05, 3.63) is 17.7 Å². The van der Waals surface area contributed by atoms with Crippen molar-refractivity contribution in [3.8, 4) is 0 Å². The molecule has 0 bridgehead atoms. The maximum atomic E-state index is 13.4. The molecule has 1 unspecified atom stereocenters. The predicted octanol–water partition coefficient (Wildman–Crippen LogP) is 2.45. The van der Waals surface area contributed by atoms with Crippen LogP contribution in [0.4, 0.5) is 0 Å². The Morgan fingerprint density at radius 2 is 1.73 bits per heavy atom. The molecule has 8 nitrogen and oxygen atoms in total. The number of carbonyl (C=O) groups is 3. The molecule has 8 heteroatoms. The van der Waals surface area contributed by atoms with Gasteiger partial charge in [-0.25, -0.2) is 4.98 Å². The van der Waals surface area contributed by atoms with Crippen LogP contribution < -0.4 is 10.6 Å². The first kappa shape index (κ1) is 23.9. The Bertz CT molecular complexity index is 771. The minimum absolute atomic E-state index is 0.132. The quantitative estimate of drug-likeness (QED) is 0.609. The van der Waals surface area contributed by atoms with Crippen LogP contribution in [0.15, 0.2) is 6.33 Å². The molecule has 0 radical (unpaired) electrons. The van der Waals surface area contributed by atoms with E-state index < -0.39 is 5.54 Å². The lowest BCUT2D eigenvalue weighted by Crippen LogP contribution is -2.64. The van der Waals surface area contributed by atoms with Crippen LogP contribution in [0.25, 0.3) is 0 Å². The summed E-state index contributed by atoms with van der Waals surface area (Å²) in [6.07, 6.45) is 3.94. The molecule has 0 saturated carbocycles. The molecule has 1 atom stereocenters. The smallest absolute Gasteiger partial charge is 0.273 e. The maximum Gasteiger partial charge on any atom is 0.273 e. The van der Waals surface area contributed by atoms with Crippen molar-refractivity contribution in [1.29, 1.82) is 0 Å². The highest BCUT2D eigenvalue weighted by Gasteiger charge is 2.48. The molecule has 2 rings (SSSR count). The van der Waals surface area contributed by atoms with Crippen LogP contribution in [0.5, 0.6) is 0 Å². The van der Waals surface area contributed by atoms with E-state index in [-0.39, 0.29) is 35.7 Å². The van der Waals surface area contributed by atoms with Gasteiger partial charge in [-0.2, -0.15) is 0 Å². The fourth-order valence-corrected chi connectivity index (χ4v) is 3.65. The first-order chi connectivity index (χ1) is 14.1. The lowest BCUT2D eigenvalue weighted by Gasteiger charge is -2.43. The number of carbonyl (C=O) groups excluding carboxylic acids is 3. The largest absolute Gasteiger partial charge is 0.354 e. The van der Waals surface area contributed by atoms with Crippen molar-refractivity contribution in [2.75, 3.05) is 19.6 Å². The Kier molecular flexibility index (Phi) is 8.03. The molecule has 0 fully saturated rings. The highest BCUT2D eigenvalue weighted by atomic mass is 16.2. The number of hydrogen-bond acceptors (Lipinski definition) is 4. The van der Waals surface area contributed by atoms with Crippen molar-refractivity contribution in [2.24, 2.45) is 11.8 Å². The van der Waals surface area contributed by atoms with E-state index in [1.807, 2.05) is 6.92 Å². The van der Waals surface area contributed by atoms with Crippen molar-refractivity contribution in [2.45, 2.75) is 72.9 Å². The molecule has 0 spiro atoms. The first-order valence-corrected chi connectivity index (χ1v) is 11.0. The average Bonchev–Trinajstić information content (AvgIpc) is 3.08. The van der Waals surface area contributed by atoms with Crippen LogP contribution in [0.3, 0.4) is 0 Å². The van der Waals surface area contributed by atoms with Gasteiger partial charge in [-0.05, 0) is 38.0 Å². The van der Waals surface area contributed by atoms with E-state index in [9.17, 15) is 14.4 Å². The number of rotatable bonds is 10. The first-order valence-electron chi connectivity index (χ1n) is 11.0. The summed E-state index contributed by atoms with van der Waals surface area (Å²) in [7, 11) is 0. The SMILES string of the molecule is CCCN1C(=O)c2c(C(=O)NCCC(C)C)ncn2CC1(C)C(=O)NCCC(C)C. The summed E-state index contributed by atoms with van der Waals surface area (Å²) in [6.45, 7) is 14.0. The summed E-state index contributed by atoms with van der Waals surface area (Å²) in [5, 5.41) is 5.84. The topological polar surface area (TPSA) is 96.3 Å². The van der Waals surface area contributed by atoms with Gasteiger partial charge < -0.3 is 20.1 Å². The van der Waals surface area contributed by atoms with Crippen molar-refractivity contribution < 1.29 is 14.4 Å². The van der Waals surface area contributed by atoms with Crippen molar-refractivity contribution in [1.82, 2.24) is 25.1 Å². The summed E-state index contributed by atoms with van der Waals surface area (Å²) in [6, 6.07) is 0. The third kappa shape index (κ3) is 5.21. The van der Waals surface area contributed by atoms with Gasteiger partial charge in [0.1, 0.15) is 11.2 Å². The molecule has 2 heterocycles. The highest BCUT2D eigenvalue weighted by molar-refractivity contribution is 6.07. The van der Waals surface area contributed by atoms with Gasteiger partial charge >= 0.3 is 0 Å². The number of imidazole rings is 1. The van der Waals surface area contributed by atoms with Crippen LogP contribution in [0.2, 0.25) is 0 Å². The second-order valence-corrected chi connectivity index (χ2v) is 9.18. The molecular formula is C22H37N5O3. The Morgan fingerprint density at radius 1 is 1.13 bits per heavy atom. The summed E-state index contributed by atoms with van der Waals surface area (Å²) >= 11 is 0. The van der Waals surface area contributed by atoms with Crippen LogP contribution >= 0.6 is 0 Å². The summed E-state index contributed by atoms with van der Waals surface area (Å²) in [5.74, 6) is 0.107. The van der Waals surface area contributed by atoms with Gasteiger partial charge in [0.25, 0.3) is 11.8 Å². The zero-order valence-corrected chi connectivity index (χ0v) is 19.2. The van der Waals surface area contributed by atoms with E-state index in [4.69, 9.17) is 0 Å². The fourth-order valence-electron chi connectivity index (χ4n) is 3.65. The zero-order chi connectivity index (χ0) is 22.5. The van der Waals surface area contributed by atoms with Crippen LogP contribution in [0, 0.1) is 11.8 Å². The minimum Gasteiger partial charge on any atom is -0.354 e. The number of hydrogen-bond donors (Lipinski definition) is 2. The van der Waals surface area contributed by atoms with Gasteiger partial charge in [-0.1, -0.05) is 34.6 Å². The number of nitrogens with one attached hydrogen (secondary N) is 2. The molecule has 3 amide bonds. The second-order valence-electron chi connectivity index (χ2n) is 9.18. The zero-order valence-electron chi connectivity index (χ0n) is 19.2. The summed E-state index contributed by atoms with van der Waals surface area (Å²) < 4.78 is 1.65. The van der Waals surface area contributed by atoms with Gasteiger partial charge in [-0.15, -0.1) is 0 Å². The third-order valence-electron chi connectivity index (χ3n) is 5.53. The second kappa shape index (κ2) is 10.1. The van der Waals surface area contributed by atoms with Crippen molar-refractivity contribution in [3.63, 3.8) is 0 Å². The van der Waals surface area contributed by atoms with Gasteiger partial charge in [0.15, 0.2) is 5.69 Å². The van der Waals surface area contributed by atoms with E-state index >= 15 is 0 Å². The molecular weight excluding hydrogens is 382 g/mol. The number of aromatic nitrogens is 2. The van der Waals surface area contributed by atoms with E-state index in [0.29, 0.717) is 37.9 Å². The molecule has 1 aliphatic heterocycles. The third-order valence-corrected chi connectivity index (χ3v) is 5.53. The van der Waals surface area contributed by atoms with E-state index in [1.165, 1.54) is 6.33 Å². The molecule has 0 saturated heterocycles. The lowest BCUT2D eigenvalue weighted by molar-refractivity contribution is -0.132. The van der Waals surface area contributed by atoms with Crippen LogP contribution in [-0.2, 0) is 11.3 Å². The Balaban J connectivity index is 2.26. The molecule has 2 N–H and O–H groups in total. The summed E-state index contributed by atoms with van der Waals surface area (Å²) in [4.78, 5) is 44.9. The Morgan fingerprint density at radius 3 is 2.30 bits per heavy atom. The Hall–Kier alpha value is -2.38. The molecule has 30 heavy (non-hydrogen) atoms. The molecule has 1 aromatic rings. The monoisotopic (exact) mass is 419 g/mol. The van der Waals surface area contributed by atoms with Gasteiger partial charge in [0, 0.05) is 19.6 Å². The van der Waals surface area contributed by atoms with Gasteiger partial charge in [0.2, 0.25) is 5.91 Å². The molecule has 1 aromatic heterocycles. The normalized spacial score (nSPS) is 18.7. The predicted molar refractivity (Wildman–Crippen MR) is 116 cm³/mol. The highest BCUT2D eigenvalue weighted by Crippen LogP contribution is 2.29. The fraction of sp³-hybridized carbons (Fsp3) is 0.727. The van der Waals surface area contributed by atoms with Gasteiger partial charge in [-0.3, -0.25) is 14.4 Å². The minimum atomic E-state index is -1.02. The average molecular weight is 420 g/mol. The number of amides is 3. The number of fused-ring (bicyclic) bond motifs is 1. The molecule has 168 valence electrons. The van der Waals surface area contributed by atoms with Crippen molar-refractivity contribution >= 4 is 17.7 Å². The molecule has 0 aliphatic carbocycles. The van der Waals surface area contributed by atoms with Crippen LogP contribution in [0.1, 0.15) is 81.8 Å². The van der Waals surface area contributed by atoms with E-state index in [1.54, 1.807) is 16.4 Å². The van der Waals surface area contributed by atoms with E-state index in [0.717, 1.165) is 12.8 Å².